The van der Waals surface area contributed by atoms with Gasteiger partial charge in [-0.2, -0.15) is 0 Å². The Morgan fingerprint density at radius 1 is 1.75 bits per heavy atom. The number of pyridine rings is 1. The number of hydrogen-bond donors (Lipinski definition) is 2. The molecule has 0 aliphatic heterocycles. The van der Waals surface area contributed by atoms with Crippen LogP contribution in [0.1, 0.15) is 6.92 Å². The molecule has 3 nitrogen and oxygen atoms in total. The zero-order valence-corrected chi connectivity index (χ0v) is 7.12. The smallest absolute Gasteiger partial charge is 0.128 e. The highest BCUT2D eigenvalue weighted by Crippen LogP contribution is 2.08. The van der Waals surface area contributed by atoms with E-state index in [2.05, 4.69) is 16.9 Å². The predicted octanol–water partition coefficient (Wildman–Crippen LogP) is 1.65. The summed E-state index contributed by atoms with van der Waals surface area (Å²) in [5, 5.41) is 3.12. The van der Waals surface area contributed by atoms with Crippen molar-refractivity contribution in [3.63, 3.8) is 0 Å². The van der Waals surface area contributed by atoms with Gasteiger partial charge in [-0.15, -0.1) is 6.58 Å². The third-order valence-corrected chi connectivity index (χ3v) is 1.51. The quantitative estimate of drug-likeness (QED) is 0.666. The first-order valence-corrected chi connectivity index (χ1v) is 3.83. The van der Waals surface area contributed by atoms with Gasteiger partial charge in [-0.1, -0.05) is 6.08 Å². The van der Waals surface area contributed by atoms with Crippen LogP contribution in [-0.2, 0) is 0 Å². The Balaban J connectivity index is 2.69. The van der Waals surface area contributed by atoms with Gasteiger partial charge in [-0.05, 0) is 13.0 Å². The Bertz CT molecular complexity index is 270. The van der Waals surface area contributed by atoms with Gasteiger partial charge in [0, 0.05) is 24.0 Å². The zero-order chi connectivity index (χ0) is 8.97. The number of nitrogens with two attached hydrogens (primary N) is 1. The molecule has 0 aromatic carbocycles. The van der Waals surface area contributed by atoms with Crippen LogP contribution in [0.15, 0.2) is 31.0 Å². The summed E-state index contributed by atoms with van der Waals surface area (Å²) in [4.78, 5) is 4.09. The fourth-order valence-corrected chi connectivity index (χ4v) is 0.818. The maximum Gasteiger partial charge on any atom is 0.128 e. The summed E-state index contributed by atoms with van der Waals surface area (Å²) >= 11 is 0. The summed E-state index contributed by atoms with van der Waals surface area (Å²) in [6, 6.07) is 3.75. The lowest BCUT2D eigenvalue weighted by Crippen LogP contribution is -2.12. The van der Waals surface area contributed by atoms with E-state index in [1.54, 1.807) is 18.3 Å². The van der Waals surface area contributed by atoms with Gasteiger partial charge in [-0.25, -0.2) is 4.98 Å². The third kappa shape index (κ3) is 2.27. The second-order valence-electron chi connectivity index (χ2n) is 2.64. The van der Waals surface area contributed by atoms with Gasteiger partial charge in [0.15, 0.2) is 0 Å². The summed E-state index contributed by atoms with van der Waals surface area (Å²) in [6.45, 7) is 5.66. The van der Waals surface area contributed by atoms with Crippen molar-refractivity contribution in [2.75, 3.05) is 11.1 Å². The van der Waals surface area contributed by atoms with E-state index in [0.717, 1.165) is 5.82 Å². The van der Waals surface area contributed by atoms with Crippen LogP contribution in [0.5, 0.6) is 0 Å². The van der Waals surface area contributed by atoms with Crippen molar-refractivity contribution in [3.05, 3.63) is 31.0 Å². The fourth-order valence-electron chi connectivity index (χ4n) is 0.818. The first-order chi connectivity index (χ1) is 5.72. The van der Waals surface area contributed by atoms with Gasteiger partial charge < -0.3 is 11.1 Å². The van der Waals surface area contributed by atoms with Gasteiger partial charge in [0.2, 0.25) is 0 Å². The van der Waals surface area contributed by atoms with E-state index in [4.69, 9.17) is 5.73 Å². The molecule has 12 heavy (non-hydrogen) atoms. The Hall–Kier alpha value is -1.51. The zero-order valence-electron chi connectivity index (χ0n) is 7.12. The highest BCUT2D eigenvalue weighted by Gasteiger charge is 1.96. The highest BCUT2D eigenvalue weighted by molar-refractivity contribution is 5.49. The van der Waals surface area contributed by atoms with Crippen molar-refractivity contribution in [2.24, 2.45) is 0 Å². The molecule has 0 bridgehead atoms. The molecule has 0 amide bonds. The van der Waals surface area contributed by atoms with E-state index >= 15 is 0 Å². The minimum Gasteiger partial charge on any atom is -0.399 e. The molecule has 1 aromatic heterocycles. The molecule has 0 saturated heterocycles. The van der Waals surface area contributed by atoms with Crippen LogP contribution in [0.3, 0.4) is 0 Å². The van der Waals surface area contributed by atoms with E-state index in [1.165, 1.54) is 0 Å². The number of nitrogens with zero attached hydrogens (tertiary/aromatic N) is 1. The van der Waals surface area contributed by atoms with Crippen LogP contribution in [0, 0.1) is 0 Å². The van der Waals surface area contributed by atoms with Crippen LogP contribution < -0.4 is 11.1 Å². The molecule has 1 aromatic rings. The Morgan fingerprint density at radius 2 is 2.50 bits per heavy atom. The molecule has 0 radical (unpaired) electrons. The molecule has 1 unspecified atom stereocenters. The summed E-state index contributed by atoms with van der Waals surface area (Å²) in [6.07, 6.45) is 3.48. The van der Waals surface area contributed by atoms with Crippen LogP contribution in [-0.4, -0.2) is 11.0 Å². The lowest BCUT2D eigenvalue weighted by atomic mass is 10.3. The van der Waals surface area contributed by atoms with Gasteiger partial charge in [0.1, 0.15) is 5.82 Å². The maximum atomic E-state index is 5.57. The molecule has 0 fully saturated rings. The number of nitrogens with one attached hydrogen (secondary N) is 1. The molecular weight excluding hydrogens is 150 g/mol. The van der Waals surface area contributed by atoms with Crippen LogP contribution in [0.4, 0.5) is 11.5 Å². The summed E-state index contributed by atoms with van der Waals surface area (Å²) in [5.74, 6) is 0.780. The van der Waals surface area contributed by atoms with Gasteiger partial charge in [-0.3, -0.25) is 0 Å². The first kappa shape index (κ1) is 8.59. The topological polar surface area (TPSA) is 50.9 Å². The summed E-state index contributed by atoms with van der Waals surface area (Å²) < 4.78 is 0. The van der Waals surface area contributed by atoms with Crippen LogP contribution in [0.25, 0.3) is 0 Å². The highest BCUT2D eigenvalue weighted by atomic mass is 15.0. The monoisotopic (exact) mass is 163 g/mol. The molecule has 0 saturated carbocycles. The lowest BCUT2D eigenvalue weighted by Gasteiger charge is -2.09. The Labute approximate surface area is 72.3 Å². The van der Waals surface area contributed by atoms with E-state index in [0.29, 0.717) is 5.69 Å². The Kier molecular flexibility index (Phi) is 2.69. The number of nitrogen functional groups attached to an aromatic ring is 1. The molecule has 1 rings (SSSR count). The molecule has 0 aliphatic rings. The molecule has 1 heterocycles. The van der Waals surface area contributed by atoms with E-state index < -0.39 is 0 Å². The molecule has 3 heteroatoms. The van der Waals surface area contributed by atoms with Crippen molar-refractivity contribution < 1.29 is 0 Å². The largest absolute Gasteiger partial charge is 0.399 e. The van der Waals surface area contributed by atoms with Crippen molar-refractivity contribution in [1.82, 2.24) is 4.98 Å². The van der Waals surface area contributed by atoms with E-state index in [9.17, 15) is 0 Å². The number of anilines is 2. The second kappa shape index (κ2) is 3.76. The van der Waals surface area contributed by atoms with E-state index in [1.807, 2.05) is 13.0 Å². The summed E-state index contributed by atoms with van der Waals surface area (Å²) in [7, 11) is 0. The minimum atomic E-state index is 0.208. The van der Waals surface area contributed by atoms with E-state index in [-0.39, 0.29) is 6.04 Å². The molecule has 3 N–H and O–H groups in total. The number of hydrogen-bond acceptors (Lipinski definition) is 3. The average Bonchev–Trinajstić information content (AvgIpc) is 2.04. The average molecular weight is 163 g/mol. The van der Waals surface area contributed by atoms with Gasteiger partial charge in [0.05, 0.1) is 0 Å². The number of aromatic nitrogens is 1. The minimum absolute atomic E-state index is 0.208. The van der Waals surface area contributed by atoms with Crippen molar-refractivity contribution in [1.29, 1.82) is 0 Å². The van der Waals surface area contributed by atoms with Crippen molar-refractivity contribution in [2.45, 2.75) is 13.0 Å². The Morgan fingerprint density at radius 3 is 3.08 bits per heavy atom. The third-order valence-electron chi connectivity index (χ3n) is 1.51. The van der Waals surface area contributed by atoms with Gasteiger partial charge in [0.25, 0.3) is 0 Å². The molecule has 1 atom stereocenters. The number of rotatable bonds is 3. The van der Waals surface area contributed by atoms with Crippen LogP contribution in [0.2, 0.25) is 0 Å². The molecule has 64 valence electrons. The predicted molar refractivity (Wildman–Crippen MR) is 51.9 cm³/mol. The van der Waals surface area contributed by atoms with Crippen molar-refractivity contribution >= 4 is 11.5 Å². The summed E-state index contributed by atoms with van der Waals surface area (Å²) in [5.41, 5.74) is 6.28. The lowest BCUT2D eigenvalue weighted by molar-refractivity contribution is 0.984. The first-order valence-electron chi connectivity index (χ1n) is 3.83. The normalized spacial score (nSPS) is 12.1. The molecular formula is C9H13N3. The fraction of sp³-hybridized carbons (Fsp3) is 0.222. The van der Waals surface area contributed by atoms with Crippen LogP contribution >= 0.6 is 0 Å². The second-order valence-corrected chi connectivity index (χ2v) is 2.64. The SMILES string of the molecule is C=CC(C)Nc1cc(N)ccn1. The van der Waals surface area contributed by atoms with Gasteiger partial charge >= 0.3 is 0 Å². The standard InChI is InChI=1S/C9H13N3/c1-3-7(2)12-9-6-8(10)4-5-11-9/h3-7H,1H2,2H3,(H3,10,11,12). The van der Waals surface area contributed by atoms with Crippen molar-refractivity contribution in [3.8, 4) is 0 Å². The maximum absolute atomic E-state index is 5.57. The molecule has 0 spiro atoms. The molecule has 0 aliphatic carbocycles.